The molecule has 0 unspecified atom stereocenters. The van der Waals surface area contributed by atoms with Crippen LogP contribution in [-0.4, -0.2) is 232 Å². The first-order valence-corrected chi connectivity index (χ1v) is 45.5. The van der Waals surface area contributed by atoms with Gasteiger partial charge in [0.05, 0.1) is 57.7 Å². The summed E-state index contributed by atoms with van der Waals surface area (Å²) in [5.74, 6) is 0.298. The molecule has 3 aliphatic heterocycles. The van der Waals surface area contributed by atoms with E-state index in [4.69, 9.17) is 25.5 Å². The number of quaternary nitrogens is 1. The standard InChI is InChI=1S/C24H25O3S.C20H17O3S2.C20H17OS.C11H22N2.C9H21N2.C6H15NO5S.BrH/c25-12-9-17-1-5-20(6-2-17)28-23-7-3-18(10-13-26)15-21(23)22-16-19(11-14-27)4-8-24(22)28;21-13-14-25(22,23)16-11-9-15(10-12-16)24-19-7-3-1-5-17(19)18-6-2-4-8-20(18)24;21-14-13-15-9-11-16(12-10-15)22-19-7-3-1-5-17(19)18-6-2-4-8-20(18)22;1-12-9-5-11(6-10-12)13-7-3-2-4-8-13;1-10-7-5-9(6-8-10)11(2,3)4;8-4-1-7(2-5-9)3-6-13-12-11-10;/h1-8,15-16,25-27H,9-14H2;1-12,21H,13-14H2;1-12,21H,13-14H2;11H,2-10H2,1H3;9H,5-8H2,1-4H3;8-10H,1-6H2;1H/q3*+1;;+1;;/p-2. The Balaban J connectivity index is 0.000000160. The van der Waals surface area contributed by atoms with Crippen LogP contribution in [0.2, 0.25) is 0 Å². The third-order valence-corrected chi connectivity index (χ3v) is 30.5. The fraction of sp³-hybridized carbons (Fsp3) is 0.400. The summed E-state index contributed by atoms with van der Waals surface area (Å²) >= 11 is 0.894. The molecule has 0 spiro atoms. The Morgan fingerprint density at radius 1 is 0.434 bits per heavy atom. The second-order valence-corrected chi connectivity index (χ2v) is 38.6. The van der Waals surface area contributed by atoms with Gasteiger partial charge >= 0.3 is 0 Å². The van der Waals surface area contributed by atoms with Crippen LogP contribution in [0, 0.1) is 0 Å². The topological polar surface area (TPSA) is 230 Å². The Kier molecular flexibility index (Phi) is 37.0. The van der Waals surface area contributed by atoms with Crippen molar-refractivity contribution < 1.29 is 80.3 Å². The lowest BCUT2D eigenvalue weighted by molar-refractivity contribution is -0.897. The number of thiophene rings is 3. The first-order valence-electron chi connectivity index (χ1n) is 39.3. The molecule has 0 bridgehead atoms. The molecule has 23 heteroatoms. The number of sulfone groups is 1. The van der Waals surface area contributed by atoms with Gasteiger partial charge in [-0.1, -0.05) is 91.3 Å². The van der Waals surface area contributed by atoms with Gasteiger partial charge in [-0.15, -0.1) is 0 Å². The molecule has 7 N–H and O–H groups in total. The van der Waals surface area contributed by atoms with Crippen molar-refractivity contribution in [1.82, 2.24) is 19.6 Å². The zero-order chi connectivity index (χ0) is 79.4. The summed E-state index contributed by atoms with van der Waals surface area (Å²) in [5.41, 5.74) is 4.62. The molecule has 3 aliphatic rings. The molecule has 15 rings (SSSR count). The average molecular weight is 1700 g/mol. The number of aliphatic hydroxyl groups is 7. The number of aliphatic hydroxyl groups excluding tert-OH is 7. The molecule has 6 heterocycles. The van der Waals surface area contributed by atoms with Crippen LogP contribution in [0.1, 0.15) is 67.2 Å². The molecule has 0 aliphatic carbocycles. The summed E-state index contributed by atoms with van der Waals surface area (Å²) in [6, 6.07) is 73.4. The van der Waals surface area contributed by atoms with Gasteiger partial charge in [-0.05, 0) is 235 Å². The maximum Gasteiger partial charge on any atom is 0.187 e. The summed E-state index contributed by atoms with van der Waals surface area (Å²) in [7, 11) is 7.54. The third-order valence-electron chi connectivity index (χ3n) is 21.3. The summed E-state index contributed by atoms with van der Waals surface area (Å²) in [5, 5.41) is 83.3. The molecule has 9 aromatic carbocycles. The molecule has 17 nitrogen and oxygen atoms in total. The van der Waals surface area contributed by atoms with Crippen LogP contribution in [0.25, 0.3) is 75.2 Å². The summed E-state index contributed by atoms with van der Waals surface area (Å²) in [6.07, 6.45) is 12.6. The highest BCUT2D eigenvalue weighted by atomic mass is 79.9. The molecular weight excluding hydrogens is 1580 g/mol. The number of nitrogens with zero attached hydrogens (tertiary/aromatic N) is 5. The van der Waals surface area contributed by atoms with Crippen molar-refractivity contribution >= 4 is 114 Å². The SMILES string of the molecule is CN1CCC(N2CCCCC2)CC1.CN1CCC([N+](C)(C)C)CC1.O=S(=O)(CCO)c1ccc(-[s+]2c3ccccc3c3ccccc32)cc1.OCCc1ccc(-[s+]2c3ccc(CCO)cc3c3cc(CCO)ccc32)cc1.OCCc1ccc(-[s+]2c3ccccc3c3ccccc32)cc1.[Br-].[O-]OOSCCN(CCO)CCO. The monoisotopic (exact) mass is 1700 g/mol. The largest absolute Gasteiger partial charge is 1.00 e. The lowest BCUT2D eigenvalue weighted by Gasteiger charge is -2.39. The third kappa shape index (κ3) is 24.9. The number of likely N-dealkylation sites (tertiary alicyclic amines) is 3. The van der Waals surface area contributed by atoms with Crippen LogP contribution in [0.15, 0.2) is 211 Å². The van der Waals surface area contributed by atoms with Gasteiger partial charge in [-0.2, -0.15) is 4.33 Å². The molecule has 0 radical (unpaired) electrons. The maximum atomic E-state index is 12.1. The number of piperidine rings is 3. The minimum Gasteiger partial charge on any atom is -1.00 e. The average Bonchev–Trinajstić information content (AvgIpc) is 1.58. The summed E-state index contributed by atoms with van der Waals surface area (Å²) in [6.45, 7) is 9.92. The van der Waals surface area contributed by atoms with Crippen LogP contribution < -0.4 is 22.2 Å². The minimum atomic E-state index is -3.42. The van der Waals surface area contributed by atoms with E-state index in [-0.39, 0.29) is 105 Å². The van der Waals surface area contributed by atoms with Gasteiger partial charge in [0.25, 0.3) is 0 Å². The zero-order valence-corrected chi connectivity index (χ0v) is 71.8. The van der Waals surface area contributed by atoms with E-state index >= 15 is 0 Å². The van der Waals surface area contributed by atoms with E-state index in [9.17, 15) is 23.9 Å². The molecule has 3 fully saturated rings. The summed E-state index contributed by atoms with van der Waals surface area (Å²) in [4.78, 5) is 13.4. The first kappa shape index (κ1) is 90.7. The highest BCUT2D eigenvalue weighted by Crippen LogP contribution is 2.51. The van der Waals surface area contributed by atoms with E-state index in [0.29, 0.717) is 44.6 Å². The van der Waals surface area contributed by atoms with Crippen molar-refractivity contribution in [2.45, 2.75) is 87.6 Å². The van der Waals surface area contributed by atoms with Crippen molar-refractivity contribution in [3.63, 3.8) is 0 Å². The molecule has 3 saturated heterocycles. The predicted molar refractivity (Wildman–Crippen MR) is 468 cm³/mol. The van der Waals surface area contributed by atoms with Crippen molar-refractivity contribution in [2.24, 2.45) is 0 Å². The van der Waals surface area contributed by atoms with Crippen LogP contribution in [0.5, 0.6) is 0 Å². The van der Waals surface area contributed by atoms with Crippen molar-refractivity contribution in [3.05, 3.63) is 229 Å². The van der Waals surface area contributed by atoms with E-state index in [0.717, 1.165) is 56.6 Å². The predicted octanol–water partition coefficient (Wildman–Crippen LogP) is 11.6. The Bertz CT molecular complexity index is 4760. The molecular formula is C90H116BrN5O12S5+2. The number of hydrogen-bond donors (Lipinski definition) is 7. The molecule has 608 valence electrons. The lowest BCUT2D eigenvalue weighted by Crippen LogP contribution is -3.00. The molecule has 0 atom stereocenters. The van der Waals surface area contributed by atoms with Gasteiger partial charge in [0.2, 0.25) is 0 Å². The zero-order valence-electron chi connectivity index (χ0n) is 66.1. The number of benzene rings is 9. The quantitative estimate of drug-likeness (QED) is 0.00704. The van der Waals surface area contributed by atoms with E-state index in [1.807, 2.05) is 41.3 Å². The van der Waals surface area contributed by atoms with Crippen LogP contribution >= 0.6 is 43.5 Å². The van der Waals surface area contributed by atoms with Crippen LogP contribution in [-0.2, 0) is 44.9 Å². The Labute approximate surface area is 691 Å². The molecule has 0 saturated carbocycles. The Hall–Kier alpha value is -6.18. The fourth-order valence-electron chi connectivity index (χ4n) is 15.2. The number of fused-ring (bicyclic) bond motifs is 9. The van der Waals surface area contributed by atoms with Crippen molar-refractivity contribution in [3.8, 4) is 14.7 Å². The molecule has 12 aromatic rings. The maximum absolute atomic E-state index is 12.1. The van der Waals surface area contributed by atoms with E-state index < -0.39 is 9.84 Å². The molecule has 0 amide bonds. The Morgan fingerprint density at radius 3 is 1.15 bits per heavy atom. The van der Waals surface area contributed by atoms with E-state index in [1.165, 1.54) is 160 Å². The molecule has 113 heavy (non-hydrogen) atoms. The van der Waals surface area contributed by atoms with Crippen LogP contribution in [0.4, 0.5) is 0 Å². The number of halogens is 1. The van der Waals surface area contributed by atoms with Gasteiger partial charge in [0.1, 0.15) is 0 Å². The highest BCUT2D eigenvalue weighted by molar-refractivity contribution is 7.94. The van der Waals surface area contributed by atoms with Gasteiger partial charge in [0.15, 0.2) is 52.7 Å². The summed E-state index contributed by atoms with van der Waals surface area (Å²) < 4.78 is 37.4. The smallest absolute Gasteiger partial charge is 0.187 e. The molecule has 3 aromatic heterocycles. The van der Waals surface area contributed by atoms with E-state index in [1.54, 1.807) is 12.1 Å². The van der Waals surface area contributed by atoms with Crippen LogP contribution in [0.3, 0.4) is 0 Å². The highest BCUT2D eigenvalue weighted by Gasteiger charge is 2.30. The number of rotatable bonds is 25. The first-order chi connectivity index (χ1) is 54.4. The van der Waals surface area contributed by atoms with Gasteiger partial charge in [0, 0.05) is 160 Å². The van der Waals surface area contributed by atoms with Crippen molar-refractivity contribution in [2.75, 3.05) is 152 Å². The van der Waals surface area contributed by atoms with Gasteiger partial charge in [-0.3, -0.25) is 9.94 Å². The fourth-order valence-corrected chi connectivity index (χ4v) is 23.8. The van der Waals surface area contributed by atoms with Gasteiger partial charge < -0.3 is 77.2 Å². The number of hydrogen-bond acceptors (Lipinski definition) is 17. The minimum absolute atomic E-state index is 0. The second kappa shape index (κ2) is 46.1. The van der Waals surface area contributed by atoms with E-state index in [2.05, 4.69) is 217 Å². The normalized spacial score (nSPS) is 14.7. The second-order valence-electron chi connectivity index (χ2n) is 29.8. The lowest BCUT2D eigenvalue weighted by atomic mass is 10.0. The Morgan fingerprint density at radius 2 is 0.788 bits per heavy atom. The van der Waals surface area contributed by atoms with Crippen molar-refractivity contribution in [1.29, 1.82) is 0 Å². The van der Waals surface area contributed by atoms with Gasteiger partial charge in [-0.25, -0.2) is 8.42 Å².